The van der Waals surface area contributed by atoms with Gasteiger partial charge in [-0.1, -0.05) is 24.8 Å². The Morgan fingerprint density at radius 1 is 1.22 bits per heavy atom. The number of aromatic nitrogens is 6. The number of thioether (sulfide) groups is 1. The molecule has 0 bridgehead atoms. The van der Waals surface area contributed by atoms with E-state index in [1.807, 2.05) is 0 Å². The van der Waals surface area contributed by atoms with Gasteiger partial charge in [0.1, 0.15) is 5.82 Å². The average molecular weight is 402 g/mol. The van der Waals surface area contributed by atoms with Crippen molar-refractivity contribution in [3.63, 3.8) is 0 Å². The van der Waals surface area contributed by atoms with Crippen LogP contribution in [0.25, 0.3) is 16.5 Å². The Labute approximate surface area is 162 Å². The molecule has 3 heterocycles. The second-order valence-electron chi connectivity index (χ2n) is 5.71. The van der Waals surface area contributed by atoms with Crippen LogP contribution in [0.1, 0.15) is 23.3 Å². The Hall–Kier alpha value is -2.59. The van der Waals surface area contributed by atoms with E-state index in [2.05, 4.69) is 45.6 Å². The average Bonchev–Trinajstić information content (AvgIpc) is 3.39. The van der Waals surface area contributed by atoms with Crippen molar-refractivity contribution in [3.05, 3.63) is 52.5 Å². The van der Waals surface area contributed by atoms with Gasteiger partial charge in [-0.2, -0.15) is 4.68 Å². The van der Waals surface area contributed by atoms with E-state index in [-0.39, 0.29) is 5.82 Å². The zero-order chi connectivity index (χ0) is 18.8. The molecule has 0 fully saturated rings. The molecular weight excluding hydrogens is 387 g/mol. The number of nitrogens with zero attached hydrogens (tertiary/aromatic N) is 6. The third kappa shape index (κ3) is 3.76. The van der Waals surface area contributed by atoms with E-state index in [1.54, 1.807) is 23.5 Å². The maximum absolute atomic E-state index is 13.4. The van der Waals surface area contributed by atoms with Crippen LogP contribution in [0.4, 0.5) is 4.39 Å². The summed E-state index contributed by atoms with van der Waals surface area (Å²) in [4.78, 5) is 2.28. The summed E-state index contributed by atoms with van der Waals surface area (Å²) in [6.07, 6.45) is 0.982. The third-order valence-electron chi connectivity index (χ3n) is 3.84. The molecule has 7 nitrogen and oxygen atoms in total. The van der Waals surface area contributed by atoms with E-state index in [9.17, 15) is 4.39 Å². The Bertz CT molecular complexity index is 1070. The monoisotopic (exact) mass is 402 g/mol. The molecule has 0 saturated heterocycles. The smallest absolute Gasteiger partial charge is 0.257 e. The van der Waals surface area contributed by atoms with E-state index in [4.69, 9.17) is 4.42 Å². The molecule has 0 N–H and O–H groups in total. The van der Waals surface area contributed by atoms with Crippen LogP contribution < -0.4 is 0 Å². The molecule has 0 spiro atoms. The summed E-state index contributed by atoms with van der Waals surface area (Å²) >= 11 is 3.01. The van der Waals surface area contributed by atoms with E-state index < -0.39 is 0 Å². The van der Waals surface area contributed by atoms with Gasteiger partial charge in [0.25, 0.3) is 5.89 Å². The number of hydrogen-bond acceptors (Lipinski definition) is 8. The molecule has 0 aliphatic rings. The van der Waals surface area contributed by atoms with Gasteiger partial charge in [-0.05, 0) is 53.6 Å². The maximum Gasteiger partial charge on any atom is 0.257 e. The second kappa shape index (κ2) is 7.57. The molecular formula is C17H15FN6OS2. The molecule has 1 aromatic carbocycles. The number of hydrogen-bond donors (Lipinski definition) is 0. The summed E-state index contributed by atoms with van der Waals surface area (Å²) in [5, 5.41) is 20.3. The number of aryl methyl sites for hydroxylation is 2. The molecule has 0 unspecified atom stereocenters. The van der Waals surface area contributed by atoms with Gasteiger partial charge in [-0.25, -0.2) is 4.39 Å². The Morgan fingerprint density at radius 3 is 2.89 bits per heavy atom. The Balaban J connectivity index is 1.49. The number of halogens is 1. The van der Waals surface area contributed by atoms with Gasteiger partial charge >= 0.3 is 0 Å². The van der Waals surface area contributed by atoms with Gasteiger partial charge in [-0.3, -0.25) is 0 Å². The topological polar surface area (TPSA) is 82.5 Å². The lowest BCUT2D eigenvalue weighted by Gasteiger charge is -2.02. The highest BCUT2D eigenvalue weighted by atomic mass is 32.2. The minimum atomic E-state index is -0.349. The van der Waals surface area contributed by atoms with Crippen molar-refractivity contribution in [1.29, 1.82) is 0 Å². The van der Waals surface area contributed by atoms with Gasteiger partial charge in [-0.15, -0.1) is 26.6 Å². The predicted molar refractivity (Wildman–Crippen MR) is 100 cm³/mol. The SMILES string of the molecule is CCc1sc(-c2nnc(CSc3nnnn3-c3cccc(F)c3)o2)cc1C. The minimum Gasteiger partial charge on any atom is -0.419 e. The van der Waals surface area contributed by atoms with Crippen LogP contribution in [0, 0.1) is 12.7 Å². The highest BCUT2D eigenvalue weighted by Gasteiger charge is 2.15. The van der Waals surface area contributed by atoms with Crippen molar-refractivity contribution < 1.29 is 8.81 Å². The van der Waals surface area contributed by atoms with E-state index in [0.717, 1.165) is 11.3 Å². The van der Waals surface area contributed by atoms with E-state index in [0.29, 0.717) is 28.4 Å². The van der Waals surface area contributed by atoms with Crippen LogP contribution in [0.5, 0.6) is 0 Å². The summed E-state index contributed by atoms with van der Waals surface area (Å²) in [5.41, 5.74) is 1.79. The first-order chi connectivity index (χ1) is 13.1. The first-order valence-electron chi connectivity index (χ1n) is 8.23. The molecule has 0 aliphatic carbocycles. The van der Waals surface area contributed by atoms with Crippen LogP contribution in [-0.4, -0.2) is 30.4 Å². The summed E-state index contributed by atoms with van der Waals surface area (Å²) in [6.45, 7) is 4.21. The molecule has 0 radical (unpaired) electrons. The van der Waals surface area contributed by atoms with Crippen LogP contribution in [0.3, 0.4) is 0 Å². The fraction of sp³-hybridized carbons (Fsp3) is 0.235. The van der Waals surface area contributed by atoms with Crippen LogP contribution in [0.15, 0.2) is 39.9 Å². The van der Waals surface area contributed by atoms with Crippen molar-refractivity contribution in [1.82, 2.24) is 30.4 Å². The number of rotatable bonds is 6. The summed E-state index contributed by atoms with van der Waals surface area (Å²) in [7, 11) is 0. The van der Waals surface area contributed by atoms with Crippen LogP contribution >= 0.6 is 23.1 Å². The molecule has 0 amide bonds. The fourth-order valence-electron chi connectivity index (χ4n) is 2.55. The van der Waals surface area contributed by atoms with Gasteiger partial charge in [0.05, 0.1) is 16.3 Å². The van der Waals surface area contributed by atoms with Gasteiger partial charge in [0.2, 0.25) is 11.0 Å². The molecule has 4 aromatic rings. The highest BCUT2D eigenvalue weighted by molar-refractivity contribution is 7.98. The lowest BCUT2D eigenvalue weighted by atomic mass is 10.2. The highest BCUT2D eigenvalue weighted by Crippen LogP contribution is 2.31. The van der Waals surface area contributed by atoms with E-state index in [1.165, 1.54) is 39.0 Å². The second-order valence-corrected chi connectivity index (χ2v) is 7.79. The quantitative estimate of drug-likeness (QED) is 0.450. The third-order valence-corrected chi connectivity index (χ3v) is 6.11. The summed E-state index contributed by atoms with van der Waals surface area (Å²) < 4.78 is 20.7. The van der Waals surface area contributed by atoms with Crippen molar-refractivity contribution >= 4 is 23.1 Å². The van der Waals surface area contributed by atoms with Crippen LogP contribution in [-0.2, 0) is 12.2 Å². The summed E-state index contributed by atoms with van der Waals surface area (Å²) in [6, 6.07) is 8.16. The van der Waals surface area contributed by atoms with Crippen molar-refractivity contribution in [2.24, 2.45) is 0 Å². The first kappa shape index (κ1) is 17.8. The molecule has 27 heavy (non-hydrogen) atoms. The van der Waals surface area contributed by atoms with Gasteiger partial charge < -0.3 is 4.42 Å². The lowest BCUT2D eigenvalue weighted by molar-refractivity contribution is 0.529. The Morgan fingerprint density at radius 2 is 2.11 bits per heavy atom. The lowest BCUT2D eigenvalue weighted by Crippen LogP contribution is -1.99. The Kier molecular flexibility index (Phi) is 4.99. The molecule has 0 aliphatic heterocycles. The summed E-state index contributed by atoms with van der Waals surface area (Å²) in [5.74, 6) is 1.06. The number of tetrazole rings is 1. The van der Waals surface area contributed by atoms with Crippen LogP contribution in [0.2, 0.25) is 0 Å². The minimum absolute atomic E-state index is 0.349. The molecule has 4 rings (SSSR count). The molecule has 3 aromatic heterocycles. The predicted octanol–water partition coefficient (Wildman–Crippen LogP) is 4.08. The molecule has 138 valence electrons. The normalized spacial score (nSPS) is 11.2. The molecule has 10 heteroatoms. The standard InChI is InChI=1S/C17H15FN6OS2/c1-3-13-10(2)7-14(27-13)16-20-19-15(25-16)9-26-17-21-22-23-24(17)12-6-4-5-11(18)8-12/h4-8H,3,9H2,1-2H3. The fourth-order valence-corrected chi connectivity index (χ4v) is 4.32. The molecule has 0 saturated carbocycles. The first-order valence-corrected chi connectivity index (χ1v) is 10.0. The van der Waals surface area contributed by atoms with Crippen molar-refractivity contribution in [2.45, 2.75) is 31.2 Å². The van der Waals surface area contributed by atoms with Crippen molar-refractivity contribution in [3.8, 4) is 16.5 Å². The largest absolute Gasteiger partial charge is 0.419 e. The van der Waals surface area contributed by atoms with Gasteiger partial charge in [0, 0.05) is 4.88 Å². The zero-order valence-electron chi connectivity index (χ0n) is 14.6. The van der Waals surface area contributed by atoms with Crippen molar-refractivity contribution in [2.75, 3.05) is 0 Å². The maximum atomic E-state index is 13.4. The van der Waals surface area contributed by atoms with Gasteiger partial charge in [0.15, 0.2) is 0 Å². The number of thiophene rings is 1. The number of benzene rings is 1. The van der Waals surface area contributed by atoms with E-state index >= 15 is 0 Å². The zero-order valence-corrected chi connectivity index (χ0v) is 16.2. The molecule has 0 atom stereocenters.